The van der Waals surface area contributed by atoms with Crippen molar-refractivity contribution in [3.63, 3.8) is 0 Å². The molecule has 0 unspecified atom stereocenters. The van der Waals surface area contributed by atoms with E-state index in [9.17, 15) is 9.90 Å². The van der Waals surface area contributed by atoms with Crippen LogP contribution >= 0.6 is 0 Å². The van der Waals surface area contributed by atoms with Gasteiger partial charge in [0.15, 0.2) is 0 Å². The Morgan fingerprint density at radius 1 is 0.900 bits per heavy atom. The molecule has 0 heterocycles. The lowest BCUT2D eigenvalue weighted by Gasteiger charge is -2.18. The van der Waals surface area contributed by atoms with E-state index in [0.29, 0.717) is 5.41 Å². The van der Waals surface area contributed by atoms with Crippen molar-refractivity contribution in [3.05, 3.63) is 34.4 Å². The van der Waals surface area contributed by atoms with Gasteiger partial charge in [-0.25, -0.2) is 0 Å². The van der Waals surface area contributed by atoms with E-state index in [2.05, 4.69) is 46.8 Å². The SMILES string of the molecule is Cc1ccc(CCCCCCC(C)(C)C)c(CCCCCCC2(C(=O)O)CC2)c1C. The number of unbranched alkanes of at least 4 members (excludes halogenated alkanes) is 6. The van der Waals surface area contributed by atoms with E-state index in [-0.39, 0.29) is 5.41 Å². The van der Waals surface area contributed by atoms with Crippen molar-refractivity contribution in [2.75, 3.05) is 0 Å². The first-order chi connectivity index (χ1) is 14.1. The maximum absolute atomic E-state index is 11.3. The highest BCUT2D eigenvalue weighted by Gasteiger charge is 2.49. The quantitative estimate of drug-likeness (QED) is 0.311. The average molecular weight is 415 g/mol. The second-order valence-electron chi connectivity index (χ2n) is 11.1. The third kappa shape index (κ3) is 8.08. The van der Waals surface area contributed by atoms with Gasteiger partial charge in [-0.2, -0.15) is 0 Å². The fraction of sp³-hybridized carbons (Fsp3) is 0.750. The van der Waals surface area contributed by atoms with E-state index in [0.717, 1.165) is 25.7 Å². The highest BCUT2D eigenvalue weighted by Crippen LogP contribution is 2.50. The molecule has 0 spiro atoms. The van der Waals surface area contributed by atoms with Crippen LogP contribution in [0.25, 0.3) is 0 Å². The van der Waals surface area contributed by atoms with Gasteiger partial charge < -0.3 is 5.11 Å². The zero-order valence-corrected chi connectivity index (χ0v) is 20.4. The maximum atomic E-state index is 11.3. The van der Waals surface area contributed by atoms with Gasteiger partial charge >= 0.3 is 5.97 Å². The summed E-state index contributed by atoms with van der Waals surface area (Å²) < 4.78 is 0. The smallest absolute Gasteiger partial charge is 0.309 e. The van der Waals surface area contributed by atoms with Gasteiger partial charge in [0.1, 0.15) is 0 Å². The Hall–Kier alpha value is -1.31. The highest BCUT2D eigenvalue weighted by atomic mass is 16.4. The Morgan fingerprint density at radius 2 is 1.50 bits per heavy atom. The molecule has 1 aromatic carbocycles. The molecule has 0 atom stereocenters. The molecule has 1 aliphatic carbocycles. The van der Waals surface area contributed by atoms with Crippen LogP contribution in [0.1, 0.15) is 120 Å². The Bertz CT molecular complexity index is 677. The summed E-state index contributed by atoms with van der Waals surface area (Å²) in [6, 6.07) is 4.67. The minimum atomic E-state index is -0.569. The highest BCUT2D eigenvalue weighted by molar-refractivity contribution is 5.77. The maximum Gasteiger partial charge on any atom is 0.309 e. The van der Waals surface area contributed by atoms with E-state index in [1.54, 1.807) is 11.1 Å². The first-order valence-corrected chi connectivity index (χ1v) is 12.5. The molecule has 1 saturated carbocycles. The lowest BCUT2D eigenvalue weighted by molar-refractivity contribution is -0.143. The van der Waals surface area contributed by atoms with Crippen molar-refractivity contribution in [2.45, 2.75) is 125 Å². The number of carboxylic acid groups (broad SMARTS) is 1. The van der Waals surface area contributed by atoms with Crippen molar-refractivity contribution in [1.82, 2.24) is 0 Å². The minimum absolute atomic E-state index is 0.340. The van der Waals surface area contributed by atoms with Crippen molar-refractivity contribution >= 4 is 5.97 Å². The topological polar surface area (TPSA) is 37.3 Å². The number of rotatable bonds is 14. The van der Waals surface area contributed by atoms with Crippen LogP contribution in [0.2, 0.25) is 0 Å². The van der Waals surface area contributed by atoms with Crippen molar-refractivity contribution in [3.8, 4) is 0 Å². The third-order valence-electron chi connectivity index (χ3n) is 7.23. The number of carbonyl (C=O) groups is 1. The molecule has 2 heteroatoms. The standard InChI is InChI=1S/C28H46O2/c1-22-16-17-24(14-10-6-8-12-18-27(3,4)5)25(23(22)2)15-11-7-9-13-19-28(20-21-28)26(29)30/h16-17H,6-15,18-21H2,1-5H3,(H,29,30). The van der Waals surface area contributed by atoms with Gasteiger partial charge in [-0.3, -0.25) is 4.79 Å². The van der Waals surface area contributed by atoms with Crippen molar-refractivity contribution < 1.29 is 9.90 Å². The summed E-state index contributed by atoms with van der Waals surface area (Å²) in [4.78, 5) is 11.3. The predicted octanol–water partition coefficient (Wildman–Crippen LogP) is 8.20. The van der Waals surface area contributed by atoms with Gasteiger partial charge in [0.05, 0.1) is 5.41 Å². The fourth-order valence-corrected chi connectivity index (χ4v) is 4.68. The number of aliphatic carboxylic acids is 1. The zero-order valence-electron chi connectivity index (χ0n) is 20.4. The van der Waals surface area contributed by atoms with Crippen LogP contribution in [-0.2, 0) is 17.6 Å². The van der Waals surface area contributed by atoms with E-state index < -0.39 is 5.97 Å². The summed E-state index contributed by atoms with van der Waals surface area (Å²) in [5.74, 6) is -0.569. The molecule has 0 bridgehead atoms. The molecule has 1 fully saturated rings. The molecule has 1 aromatic rings. The molecule has 170 valence electrons. The van der Waals surface area contributed by atoms with Crippen LogP contribution in [0.3, 0.4) is 0 Å². The summed E-state index contributed by atoms with van der Waals surface area (Å²) in [7, 11) is 0. The van der Waals surface area contributed by atoms with Gasteiger partial charge in [0.2, 0.25) is 0 Å². The van der Waals surface area contributed by atoms with Gasteiger partial charge in [0, 0.05) is 0 Å². The number of hydrogen-bond donors (Lipinski definition) is 1. The monoisotopic (exact) mass is 414 g/mol. The lowest BCUT2D eigenvalue weighted by atomic mass is 9.88. The second-order valence-corrected chi connectivity index (χ2v) is 11.1. The molecule has 0 aliphatic heterocycles. The molecule has 1 N–H and O–H groups in total. The summed E-state index contributed by atoms with van der Waals surface area (Å²) in [6.07, 6.45) is 16.4. The van der Waals surface area contributed by atoms with Crippen LogP contribution in [0.5, 0.6) is 0 Å². The third-order valence-corrected chi connectivity index (χ3v) is 7.23. The first kappa shape index (κ1) is 25.0. The van der Waals surface area contributed by atoms with Crippen LogP contribution in [0, 0.1) is 24.7 Å². The minimum Gasteiger partial charge on any atom is -0.481 e. The Labute approximate surface area is 185 Å². The Morgan fingerprint density at radius 3 is 2.10 bits per heavy atom. The van der Waals surface area contributed by atoms with Gasteiger partial charge in [0.25, 0.3) is 0 Å². The van der Waals surface area contributed by atoms with E-state index in [1.165, 1.54) is 75.3 Å². The van der Waals surface area contributed by atoms with E-state index in [4.69, 9.17) is 0 Å². The molecule has 30 heavy (non-hydrogen) atoms. The largest absolute Gasteiger partial charge is 0.481 e. The summed E-state index contributed by atoms with van der Waals surface area (Å²) in [6.45, 7) is 11.5. The van der Waals surface area contributed by atoms with Crippen LogP contribution in [0.4, 0.5) is 0 Å². The molecule has 0 saturated heterocycles. The number of hydrogen-bond acceptors (Lipinski definition) is 1. The Balaban J connectivity index is 1.72. The van der Waals surface area contributed by atoms with Gasteiger partial charge in [-0.05, 0) is 92.9 Å². The van der Waals surface area contributed by atoms with E-state index >= 15 is 0 Å². The van der Waals surface area contributed by atoms with Crippen LogP contribution in [0.15, 0.2) is 12.1 Å². The number of carboxylic acids is 1. The molecule has 1 aliphatic rings. The van der Waals surface area contributed by atoms with E-state index in [1.807, 2.05) is 0 Å². The normalized spacial score (nSPS) is 15.4. The summed E-state index contributed by atoms with van der Waals surface area (Å²) in [5, 5.41) is 9.30. The predicted molar refractivity (Wildman–Crippen MR) is 128 cm³/mol. The van der Waals surface area contributed by atoms with Crippen molar-refractivity contribution in [2.24, 2.45) is 10.8 Å². The average Bonchev–Trinajstić information content (AvgIpc) is 3.45. The van der Waals surface area contributed by atoms with Gasteiger partial charge in [-0.1, -0.05) is 71.4 Å². The molecule has 2 nitrogen and oxygen atoms in total. The summed E-state index contributed by atoms with van der Waals surface area (Å²) in [5.41, 5.74) is 6.19. The van der Waals surface area contributed by atoms with Crippen molar-refractivity contribution in [1.29, 1.82) is 0 Å². The number of benzene rings is 1. The lowest BCUT2D eigenvalue weighted by Crippen LogP contribution is -2.14. The molecule has 0 radical (unpaired) electrons. The van der Waals surface area contributed by atoms with Crippen LogP contribution in [-0.4, -0.2) is 11.1 Å². The molecular formula is C28H46O2. The molecule has 0 amide bonds. The summed E-state index contributed by atoms with van der Waals surface area (Å²) >= 11 is 0. The molecule has 2 rings (SSSR count). The van der Waals surface area contributed by atoms with Gasteiger partial charge in [-0.15, -0.1) is 0 Å². The molecular weight excluding hydrogens is 368 g/mol. The van der Waals surface area contributed by atoms with Crippen LogP contribution < -0.4 is 0 Å². The molecule has 0 aromatic heterocycles. The fourth-order valence-electron chi connectivity index (χ4n) is 4.68. The first-order valence-electron chi connectivity index (χ1n) is 12.5. The second kappa shape index (κ2) is 11.3. The number of aryl methyl sites for hydroxylation is 2. The zero-order chi connectivity index (χ0) is 22.2. The Kier molecular flexibility index (Phi) is 9.44.